The Morgan fingerprint density at radius 2 is 1.87 bits per heavy atom. The Morgan fingerprint density at radius 1 is 1.06 bits per heavy atom. The molecule has 0 N–H and O–H groups in total. The standard InChI is InChI=1S/C24H20N2O5/c1-13(2)29-16-8-6-7-15(12-16)21-20-22(27)17-9-4-5-10-18(17)30-23(20)24(28)26(21)19-11-14(3)31-25-19/h4-13,21H,1-3H3/t21-/m0/s1. The first-order chi connectivity index (χ1) is 14.9. The quantitative estimate of drug-likeness (QED) is 0.482. The first-order valence-electron chi connectivity index (χ1n) is 10.0. The molecule has 31 heavy (non-hydrogen) atoms. The molecule has 1 atom stereocenters. The van der Waals surface area contributed by atoms with E-state index in [-0.39, 0.29) is 22.9 Å². The molecule has 2 aromatic carbocycles. The van der Waals surface area contributed by atoms with E-state index in [0.29, 0.717) is 33.9 Å². The second-order valence-electron chi connectivity index (χ2n) is 7.78. The van der Waals surface area contributed by atoms with Gasteiger partial charge in [-0.3, -0.25) is 14.5 Å². The van der Waals surface area contributed by atoms with Crippen molar-refractivity contribution in [2.45, 2.75) is 32.9 Å². The van der Waals surface area contributed by atoms with E-state index in [1.54, 1.807) is 37.3 Å². The molecule has 156 valence electrons. The smallest absolute Gasteiger partial charge is 0.296 e. The van der Waals surface area contributed by atoms with E-state index in [1.807, 2.05) is 38.1 Å². The van der Waals surface area contributed by atoms with Gasteiger partial charge in [-0.05, 0) is 50.6 Å². The molecule has 0 unspecified atom stereocenters. The molecule has 4 aromatic rings. The number of hydrogen-bond acceptors (Lipinski definition) is 6. The lowest BCUT2D eigenvalue weighted by molar-refractivity contribution is 0.0969. The minimum absolute atomic E-state index is 0.0175. The summed E-state index contributed by atoms with van der Waals surface area (Å²) in [4.78, 5) is 28.4. The zero-order valence-electron chi connectivity index (χ0n) is 17.3. The van der Waals surface area contributed by atoms with Crippen LogP contribution in [0.15, 0.2) is 68.3 Å². The van der Waals surface area contributed by atoms with Crippen molar-refractivity contribution < 1.29 is 18.5 Å². The summed E-state index contributed by atoms with van der Waals surface area (Å²) in [6.45, 7) is 5.62. The normalized spacial score (nSPS) is 15.7. The van der Waals surface area contributed by atoms with E-state index in [1.165, 1.54) is 4.90 Å². The highest BCUT2D eigenvalue weighted by Gasteiger charge is 2.45. The minimum Gasteiger partial charge on any atom is -0.491 e. The van der Waals surface area contributed by atoms with Crippen LogP contribution in [-0.2, 0) is 0 Å². The predicted molar refractivity (Wildman–Crippen MR) is 115 cm³/mol. The highest BCUT2D eigenvalue weighted by atomic mass is 16.5. The van der Waals surface area contributed by atoms with Gasteiger partial charge in [-0.2, -0.15) is 0 Å². The van der Waals surface area contributed by atoms with Gasteiger partial charge < -0.3 is 13.7 Å². The number of para-hydroxylation sites is 1. The van der Waals surface area contributed by atoms with Crippen molar-refractivity contribution in [3.05, 3.63) is 87.5 Å². The topological polar surface area (TPSA) is 85.8 Å². The summed E-state index contributed by atoms with van der Waals surface area (Å²) >= 11 is 0. The minimum atomic E-state index is -0.719. The molecule has 0 radical (unpaired) electrons. The molecule has 1 aliphatic heterocycles. The number of carbonyl (C=O) groups excluding carboxylic acids is 1. The molecule has 0 aliphatic carbocycles. The SMILES string of the molecule is Cc1cc(N2C(=O)c3oc4ccccc4c(=O)c3[C@@H]2c2cccc(OC(C)C)c2)no1. The second kappa shape index (κ2) is 7.12. The summed E-state index contributed by atoms with van der Waals surface area (Å²) in [6.07, 6.45) is -0.0175. The van der Waals surface area contributed by atoms with Gasteiger partial charge in [0.1, 0.15) is 17.1 Å². The van der Waals surface area contributed by atoms with Gasteiger partial charge in [0.25, 0.3) is 5.91 Å². The van der Waals surface area contributed by atoms with E-state index < -0.39 is 11.9 Å². The number of amides is 1. The second-order valence-corrected chi connectivity index (χ2v) is 7.78. The molecule has 3 heterocycles. The molecular weight excluding hydrogens is 396 g/mol. The first-order valence-corrected chi connectivity index (χ1v) is 10.0. The van der Waals surface area contributed by atoms with Crippen molar-refractivity contribution in [3.63, 3.8) is 0 Å². The predicted octanol–water partition coefficient (Wildman–Crippen LogP) is 4.63. The Kier molecular flexibility index (Phi) is 4.39. The third-order valence-electron chi connectivity index (χ3n) is 5.19. The van der Waals surface area contributed by atoms with E-state index in [4.69, 9.17) is 13.7 Å². The monoisotopic (exact) mass is 416 g/mol. The molecule has 2 aromatic heterocycles. The van der Waals surface area contributed by atoms with Gasteiger partial charge in [0, 0.05) is 6.07 Å². The van der Waals surface area contributed by atoms with E-state index in [0.717, 1.165) is 0 Å². The van der Waals surface area contributed by atoms with Crippen LogP contribution in [0.25, 0.3) is 11.0 Å². The van der Waals surface area contributed by atoms with Gasteiger partial charge in [-0.15, -0.1) is 0 Å². The molecule has 5 rings (SSSR count). The maximum atomic E-state index is 13.5. The highest BCUT2D eigenvalue weighted by molar-refractivity contribution is 6.10. The van der Waals surface area contributed by atoms with Crippen LogP contribution in [-0.4, -0.2) is 17.2 Å². The summed E-state index contributed by atoms with van der Waals surface area (Å²) in [7, 11) is 0. The molecule has 1 amide bonds. The van der Waals surface area contributed by atoms with Crippen LogP contribution < -0.4 is 15.1 Å². The Labute approximate surface area is 177 Å². The lowest BCUT2D eigenvalue weighted by Gasteiger charge is -2.23. The molecule has 7 heteroatoms. The van der Waals surface area contributed by atoms with Gasteiger partial charge >= 0.3 is 0 Å². The van der Waals surface area contributed by atoms with Gasteiger partial charge in [0.2, 0.25) is 5.76 Å². The number of nitrogens with zero attached hydrogens (tertiary/aromatic N) is 2. The zero-order chi connectivity index (χ0) is 21.7. The van der Waals surface area contributed by atoms with Gasteiger partial charge in [0.05, 0.1) is 23.1 Å². The summed E-state index contributed by atoms with van der Waals surface area (Å²) in [5, 5.41) is 4.46. The summed E-state index contributed by atoms with van der Waals surface area (Å²) in [5.41, 5.74) is 1.13. The Balaban J connectivity index is 1.77. The van der Waals surface area contributed by atoms with Crippen LogP contribution in [0.5, 0.6) is 5.75 Å². The number of carbonyl (C=O) groups is 1. The van der Waals surface area contributed by atoms with Crippen molar-refractivity contribution in [3.8, 4) is 5.75 Å². The Hall–Kier alpha value is -3.87. The van der Waals surface area contributed by atoms with Crippen LogP contribution >= 0.6 is 0 Å². The maximum absolute atomic E-state index is 13.5. The van der Waals surface area contributed by atoms with Gasteiger partial charge in [0.15, 0.2) is 11.2 Å². The van der Waals surface area contributed by atoms with Crippen LogP contribution in [0.1, 0.15) is 47.3 Å². The highest BCUT2D eigenvalue weighted by Crippen LogP contribution is 2.41. The van der Waals surface area contributed by atoms with E-state index in [2.05, 4.69) is 5.16 Å². The lowest BCUT2D eigenvalue weighted by Crippen LogP contribution is -2.29. The van der Waals surface area contributed by atoms with Crippen LogP contribution in [0.4, 0.5) is 5.82 Å². The van der Waals surface area contributed by atoms with Crippen LogP contribution in [0.3, 0.4) is 0 Å². The average Bonchev–Trinajstić information content (AvgIpc) is 3.29. The number of ether oxygens (including phenoxy) is 1. The zero-order valence-corrected chi connectivity index (χ0v) is 17.3. The summed E-state index contributed by atoms with van der Waals surface area (Å²) in [6, 6.07) is 15.2. The summed E-state index contributed by atoms with van der Waals surface area (Å²) in [5.74, 6) is 1.10. The van der Waals surface area contributed by atoms with Crippen LogP contribution in [0.2, 0.25) is 0 Å². The van der Waals surface area contributed by atoms with Crippen molar-refractivity contribution in [2.75, 3.05) is 4.90 Å². The Morgan fingerprint density at radius 3 is 2.61 bits per heavy atom. The number of rotatable bonds is 4. The van der Waals surface area contributed by atoms with Gasteiger partial charge in [-0.25, -0.2) is 0 Å². The fraction of sp³-hybridized carbons (Fsp3) is 0.208. The van der Waals surface area contributed by atoms with Gasteiger partial charge in [-0.1, -0.05) is 29.4 Å². The number of aromatic nitrogens is 1. The number of benzene rings is 2. The van der Waals surface area contributed by atoms with Crippen LogP contribution in [0, 0.1) is 6.92 Å². The lowest BCUT2D eigenvalue weighted by atomic mass is 9.98. The number of aryl methyl sites for hydroxylation is 1. The molecule has 0 fully saturated rings. The number of hydrogen-bond donors (Lipinski definition) is 0. The molecule has 0 saturated heterocycles. The molecule has 0 saturated carbocycles. The molecular formula is C24H20N2O5. The number of anilines is 1. The first kappa shape index (κ1) is 19.1. The maximum Gasteiger partial charge on any atom is 0.296 e. The fourth-order valence-electron chi connectivity index (χ4n) is 3.97. The van der Waals surface area contributed by atoms with E-state index >= 15 is 0 Å². The van der Waals surface area contributed by atoms with Crippen molar-refractivity contribution in [1.82, 2.24) is 5.16 Å². The Bertz CT molecular complexity index is 1370. The molecule has 0 spiro atoms. The number of fused-ring (bicyclic) bond motifs is 2. The third kappa shape index (κ3) is 3.09. The molecule has 7 nitrogen and oxygen atoms in total. The van der Waals surface area contributed by atoms with Crippen molar-refractivity contribution in [1.29, 1.82) is 0 Å². The van der Waals surface area contributed by atoms with E-state index in [9.17, 15) is 9.59 Å². The third-order valence-corrected chi connectivity index (χ3v) is 5.19. The average molecular weight is 416 g/mol. The molecule has 1 aliphatic rings. The summed E-state index contributed by atoms with van der Waals surface area (Å²) < 4.78 is 17.0. The largest absolute Gasteiger partial charge is 0.491 e. The van der Waals surface area contributed by atoms with Crippen molar-refractivity contribution in [2.24, 2.45) is 0 Å². The van der Waals surface area contributed by atoms with Crippen molar-refractivity contribution >= 4 is 22.7 Å². The fourth-order valence-corrected chi connectivity index (χ4v) is 3.97. The molecule has 0 bridgehead atoms.